The summed E-state index contributed by atoms with van der Waals surface area (Å²) in [5, 5.41) is 23.1. The van der Waals surface area contributed by atoms with Gasteiger partial charge in [0.2, 0.25) is 5.91 Å². The van der Waals surface area contributed by atoms with Crippen molar-refractivity contribution in [3.63, 3.8) is 0 Å². The van der Waals surface area contributed by atoms with Crippen LogP contribution in [0.2, 0.25) is 0 Å². The Labute approximate surface area is 179 Å². The Hall–Kier alpha value is -3.39. The summed E-state index contributed by atoms with van der Waals surface area (Å²) >= 11 is 0. The van der Waals surface area contributed by atoms with Crippen LogP contribution in [-0.2, 0) is 14.3 Å². The van der Waals surface area contributed by atoms with Crippen molar-refractivity contribution < 1.29 is 29.3 Å². The fourth-order valence-electron chi connectivity index (χ4n) is 4.05. The van der Waals surface area contributed by atoms with Crippen LogP contribution in [0.15, 0.2) is 48.5 Å². The van der Waals surface area contributed by atoms with Crippen LogP contribution in [0.4, 0.5) is 4.79 Å². The van der Waals surface area contributed by atoms with Crippen LogP contribution in [0.1, 0.15) is 36.3 Å². The molecule has 2 amide bonds. The van der Waals surface area contributed by atoms with E-state index in [4.69, 9.17) is 14.9 Å². The molecule has 0 bridgehead atoms. The van der Waals surface area contributed by atoms with Gasteiger partial charge in [0.15, 0.2) is 0 Å². The van der Waals surface area contributed by atoms with Gasteiger partial charge in [-0.25, -0.2) is 9.59 Å². The molecule has 0 radical (unpaired) electrons. The number of rotatable bonds is 8. The van der Waals surface area contributed by atoms with E-state index in [9.17, 15) is 14.4 Å². The SMILES string of the molecule is O=C(NC1(C(=O)N[C@@H](CCO)C(=O)O)CC1)OCC1c2ccccc2-c2ccccc21. The van der Waals surface area contributed by atoms with E-state index < -0.39 is 29.6 Å². The van der Waals surface area contributed by atoms with E-state index in [0.29, 0.717) is 12.8 Å². The molecule has 0 unspecified atom stereocenters. The number of hydrogen-bond donors (Lipinski definition) is 4. The first-order valence-corrected chi connectivity index (χ1v) is 10.2. The maximum atomic E-state index is 12.5. The van der Waals surface area contributed by atoms with Crippen molar-refractivity contribution in [3.05, 3.63) is 59.7 Å². The minimum atomic E-state index is -1.24. The summed E-state index contributed by atoms with van der Waals surface area (Å²) in [6, 6.07) is 14.8. The fraction of sp³-hybridized carbons (Fsp3) is 0.348. The molecule has 8 heteroatoms. The average Bonchev–Trinajstić information content (AvgIpc) is 3.47. The number of aliphatic hydroxyl groups excluding tert-OH is 1. The molecule has 0 aromatic heterocycles. The third-order valence-corrected chi connectivity index (χ3v) is 5.89. The molecule has 0 saturated heterocycles. The number of aliphatic carboxylic acids is 1. The summed E-state index contributed by atoms with van der Waals surface area (Å²) in [6.07, 6.45) is -0.0333. The van der Waals surface area contributed by atoms with Crippen LogP contribution in [0.5, 0.6) is 0 Å². The van der Waals surface area contributed by atoms with E-state index in [1.165, 1.54) is 0 Å². The van der Waals surface area contributed by atoms with Crippen molar-refractivity contribution in [2.24, 2.45) is 0 Å². The van der Waals surface area contributed by atoms with Crippen molar-refractivity contribution in [3.8, 4) is 11.1 Å². The van der Waals surface area contributed by atoms with E-state index in [1.807, 2.05) is 48.5 Å². The number of carbonyl (C=O) groups excluding carboxylic acids is 2. The van der Waals surface area contributed by atoms with Crippen molar-refractivity contribution in [1.82, 2.24) is 10.6 Å². The molecule has 4 N–H and O–H groups in total. The maximum absolute atomic E-state index is 12.5. The first kappa shape index (κ1) is 20.9. The lowest BCUT2D eigenvalue weighted by Crippen LogP contribution is -2.53. The van der Waals surface area contributed by atoms with E-state index in [1.54, 1.807) is 0 Å². The van der Waals surface area contributed by atoms with Gasteiger partial charge in [-0.05, 0) is 35.1 Å². The molecule has 0 aliphatic heterocycles. The Kier molecular flexibility index (Phi) is 5.65. The molecule has 2 aliphatic rings. The predicted molar refractivity (Wildman–Crippen MR) is 111 cm³/mol. The second-order valence-corrected chi connectivity index (χ2v) is 7.91. The zero-order valence-electron chi connectivity index (χ0n) is 16.8. The first-order chi connectivity index (χ1) is 14.9. The molecule has 2 aromatic carbocycles. The number of carboxylic acid groups (broad SMARTS) is 1. The molecule has 0 heterocycles. The summed E-state index contributed by atoms with van der Waals surface area (Å²) in [6.45, 7) is -0.246. The van der Waals surface area contributed by atoms with Gasteiger partial charge >= 0.3 is 12.1 Å². The molecular formula is C23H24N2O6. The highest BCUT2D eigenvalue weighted by Gasteiger charge is 2.52. The van der Waals surface area contributed by atoms with E-state index in [-0.39, 0.29) is 25.6 Å². The molecule has 2 aliphatic carbocycles. The van der Waals surface area contributed by atoms with E-state index >= 15 is 0 Å². The maximum Gasteiger partial charge on any atom is 0.408 e. The van der Waals surface area contributed by atoms with Crippen molar-refractivity contribution >= 4 is 18.0 Å². The summed E-state index contributed by atoms with van der Waals surface area (Å²) in [5.41, 5.74) is 3.25. The van der Waals surface area contributed by atoms with Crippen LogP contribution in [0.25, 0.3) is 11.1 Å². The monoisotopic (exact) mass is 424 g/mol. The van der Waals surface area contributed by atoms with Gasteiger partial charge in [0.05, 0.1) is 0 Å². The number of hydrogen-bond acceptors (Lipinski definition) is 5. The number of amides is 2. The van der Waals surface area contributed by atoms with Crippen molar-refractivity contribution in [1.29, 1.82) is 0 Å². The Balaban J connectivity index is 1.39. The summed E-state index contributed by atoms with van der Waals surface area (Å²) < 4.78 is 5.48. The lowest BCUT2D eigenvalue weighted by atomic mass is 9.98. The number of alkyl carbamates (subject to hydrolysis) is 1. The van der Waals surface area contributed by atoms with Crippen LogP contribution < -0.4 is 10.6 Å². The van der Waals surface area contributed by atoms with Gasteiger partial charge in [-0.2, -0.15) is 0 Å². The molecule has 8 nitrogen and oxygen atoms in total. The average molecular weight is 424 g/mol. The number of nitrogens with one attached hydrogen (secondary N) is 2. The third-order valence-electron chi connectivity index (χ3n) is 5.89. The smallest absolute Gasteiger partial charge is 0.408 e. The van der Waals surface area contributed by atoms with Gasteiger partial charge in [0, 0.05) is 18.9 Å². The Morgan fingerprint density at radius 2 is 1.61 bits per heavy atom. The Morgan fingerprint density at radius 1 is 1.03 bits per heavy atom. The lowest BCUT2D eigenvalue weighted by molar-refractivity contribution is -0.142. The topological polar surface area (TPSA) is 125 Å². The van der Waals surface area contributed by atoms with Crippen LogP contribution >= 0.6 is 0 Å². The molecule has 0 spiro atoms. The normalized spacial score (nSPS) is 16.5. The van der Waals surface area contributed by atoms with Gasteiger partial charge in [0.1, 0.15) is 18.2 Å². The number of benzene rings is 2. The summed E-state index contributed by atoms with van der Waals surface area (Å²) in [5.74, 6) is -1.91. The van der Waals surface area contributed by atoms with Gasteiger partial charge in [0.25, 0.3) is 0 Å². The van der Waals surface area contributed by atoms with Gasteiger partial charge in [-0.3, -0.25) is 4.79 Å². The number of carbonyl (C=O) groups is 3. The molecule has 31 heavy (non-hydrogen) atoms. The van der Waals surface area contributed by atoms with Gasteiger partial charge in [-0.15, -0.1) is 0 Å². The third kappa shape index (κ3) is 4.11. The molecule has 162 valence electrons. The second-order valence-electron chi connectivity index (χ2n) is 7.91. The second kappa shape index (κ2) is 8.39. The molecular weight excluding hydrogens is 400 g/mol. The zero-order valence-corrected chi connectivity index (χ0v) is 16.8. The Morgan fingerprint density at radius 3 is 2.13 bits per heavy atom. The van der Waals surface area contributed by atoms with E-state index in [2.05, 4.69) is 10.6 Å². The van der Waals surface area contributed by atoms with Gasteiger partial charge < -0.3 is 25.6 Å². The van der Waals surface area contributed by atoms with Crippen molar-refractivity contribution in [2.75, 3.05) is 13.2 Å². The number of carboxylic acids is 1. The first-order valence-electron chi connectivity index (χ1n) is 10.2. The van der Waals surface area contributed by atoms with Crippen molar-refractivity contribution in [2.45, 2.75) is 36.8 Å². The van der Waals surface area contributed by atoms with Gasteiger partial charge in [-0.1, -0.05) is 48.5 Å². The van der Waals surface area contributed by atoms with E-state index in [0.717, 1.165) is 22.3 Å². The summed E-state index contributed by atoms with van der Waals surface area (Å²) in [7, 11) is 0. The number of aliphatic hydroxyl groups is 1. The lowest BCUT2D eigenvalue weighted by Gasteiger charge is -2.21. The predicted octanol–water partition coefficient (Wildman–Crippen LogP) is 2.01. The quantitative estimate of drug-likeness (QED) is 0.514. The molecule has 1 saturated carbocycles. The minimum Gasteiger partial charge on any atom is -0.480 e. The van der Waals surface area contributed by atoms with Crippen LogP contribution in [0, 0.1) is 0 Å². The van der Waals surface area contributed by atoms with Crippen LogP contribution in [-0.4, -0.2) is 53.0 Å². The number of ether oxygens (including phenoxy) is 1. The highest BCUT2D eigenvalue weighted by atomic mass is 16.5. The summed E-state index contributed by atoms with van der Waals surface area (Å²) in [4.78, 5) is 36.2. The molecule has 2 aromatic rings. The molecule has 4 rings (SSSR count). The fourth-order valence-corrected chi connectivity index (χ4v) is 4.05. The molecule has 1 atom stereocenters. The van der Waals surface area contributed by atoms with Crippen LogP contribution in [0.3, 0.4) is 0 Å². The highest BCUT2D eigenvalue weighted by Crippen LogP contribution is 2.44. The molecule has 1 fully saturated rings. The number of fused-ring (bicyclic) bond motifs is 3. The largest absolute Gasteiger partial charge is 0.480 e. The zero-order chi connectivity index (χ0) is 22.0. The highest BCUT2D eigenvalue weighted by molar-refractivity contribution is 5.95. The standard InChI is InChI=1S/C23H24N2O6/c26-12-9-19(20(27)28)24-21(29)23(10-11-23)25-22(30)31-13-18-16-7-3-1-5-14(16)15-6-2-4-8-17(15)18/h1-8,18-19,26H,9-13H2,(H,24,29)(H,25,30)(H,27,28)/t19-/m0/s1. The Bertz CT molecular complexity index is 971. The minimum absolute atomic E-state index is 0.0944.